The highest BCUT2D eigenvalue weighted by molar-refractivity contribution is 9.10. The van der Waals surface area contributed by atoms with Crippen molar-refractivity contribution in [2.45, 2.75) is 26.8 Å². The van der Waals surface area contributed by atoms with Crippen molar-refractivity contribution >= 4 is 50.4 Å². The summed E-state index contributed by atoms with van der Waals surface area (Å²) in [5.74, 6) is -1.01. The van der Waals surface area contributed by atoms with E-state index in [9.17, 15) is 14.7 Å². The van der Waals surface area contributed by atoms with Crippen LogP contribution in [-0.4, -0.2) is 33.9 Å². The summed E-state index contributed by atoms with van der Waals surface area (Å²) in [6, 6.07) is 15.4. The molecule has 0 saturated carbocycles. The first-order chi connectivity index (χ1) is 17.2. The molecule has 0 spiro atoms. The Bertz CT molecular complexity index is 1550. The van der Waals surface area contributed by atoms with Gasteiger partial charge in [0, 0.05) is 10.0 Å². The molecule has 1 amide bonds. The monoisotopic (exact) mass is 545 g/mol. The van der Waals surface area contributed by atoms with Crippen LogP contribution in [0.15, 0.2) is 64.6 Å². The number of aryl methyl sites for hydroxylation is 3. The highest BCUT2D eigenvalue weighted by atomic mass is 79.9. The van der Waals surface area contributed by atoms with Gasteiger partial charge in [0.1, 0.15) is 11.5 Å². The van der Waals surface area contributed by atoms with Crippen molar-refractivity contribution in [1.82, 2.24) is 9.97 Å². The maximum atomic E-state index is 13.5. The van der Waals surface area contributed by atoms with Gasteiger partial charge in [0.05, 0.1) is 29.8 Å². The second kappa shape index (κ2) is 8.95. The Morgan fingerprint density at radius 3 is 2.50 bits per heavy atom. The van der Waals surface area contributed by atoms with E-state index in [-0.39, 0.29) is 17.3 Å². The van der Waals surface area contributed by atoms with E-state index in [1.54, 1.807) is 49.6 Å². The fourth-order valence-corrected chi connectivity index (χ4v) is 4.74. The number of ketones is 1. The first-order valence-corrected chi connectivity index (χ1v) is 12.2. The minimum atomic E-state index is -0.910. The number of halogens is 1. The summed E-state index contributed by atoms with van der Waals surface area (Å²) in [5, 5.41) is 11.4. The van der Waals surface area contributed by atoms with Crippen molar-refractivity contribution in [2.75, 3.05) is 12.0 Å². The molecule has 0 bridgehead atoms. The lowest BCUT2D eigenvalue weighted by molar-refractivity contribution is -0.132. The first kappa shape index (κ1) is 23.8. The topological polar surface area (TPSA) is 95.5 Å². The zero-order valence-corrected chi connectivity index (χ0v) is 21.8. The van der Waals surface area contributed by atoms with Crippen molar-refractivity contribution < 1.29 is 19.4 Å². The molecule has 1 aliphatic heterocycles. The van der Waals surface area contributed by atoms with Gasteiger partial charge in [-0.15, -0.1) is 0 Å². The zero-order chi connectivity index (χ0) is 25.7. The molecule has 4 aromatic rings. The number of hydrogen-bond donors (Lipinski definition) is 2. The van der Waals surface area contributed by atoms with Crippen molar-refractivity contribution in [3.8, 4) is 5.75 Å². The van der Waals surface area contributed by atoms with E-state index in [0.717, 1.165) is 26.7 Å². The summed E-state index contributed by atoms with van der Waals surface area (Å²) in [4.78, 5) is 36.0. The van der Waals surface area contributed by atoms with Crippen molar-refractivity contribution in [2.24, 2.45) is 0 Å². The molecule has 7 nitrogen and oxygen atoms in total. The third-order valence-corrected chi connectivity index (χ3v) is 7.49. The summed E-state index contributed by atoms with van der Waals surface area (Å²) in [7, 11) is 1.55. The second-order valence-corrected chi connectivity index (χ2v) is 9.78. The summed E-state index contributed by atoms with van der Waals surface area (Å²) >= 11 is 3.46. The Kier molecular flexibility index (Phi) is 5.92. The lowest BCUT2D eigenvalue weighted by Gasteiger charge is -2.23. The standard InChI is InChI=1S/C28H24BrN3O4/c1-14-11-21-22(12-15(14)2)31-28(30-21)32-24(17-6-5-7-19(13-17)36-4)23(26(34)27(32)35)25(33)18-8-9-20(29)16(3)10-18/h5-13,24,33H,1-4H3,(H,30,31)/b25-23+. The highest BCUT2D eigenvalue weighted by Gasteiger charge is 2.48. The summed E-state index contributed by atoms with van der Waals surface area (Å²) < 4.78 is 6.27. The third kappa shape index (κ3) is 3.87. The number of amides is 1. The van der Waals surface area contributed by atoms with E-state index in [2.05, 4.69) is 25.9 Å². The fraction of sp³-hybridized carbons (Fsp3) is 0.179. The fourth-order valence-electron chi connectivity index (χ4n) is 4.50. The van der Waals surface area contributed by atoms with Crippen molar-refractivity contribution in [3.63, 3.8) is 0 Å². The maximum Gasteiger partial charge on any atom is 0.302 e. The SMILES string of the molecule is COc1cccc(C2/C(=C(\O)c3ccc(Br)c(C)c3)C(=O)C(=O)N2c2nc3cc(C)c(C)cc3[nH]2)c1. The molecule has 0 aliphatic carbocycles. The van der Waals surface area contributed by atoms with Crippen LogP contribution in [0.25, 0.3) is 16.8 Å². The van der Waals surface area contributed by atoms with Gasteiger partial charge in [-0.05, 0) is 79.4 Å². The first-order valence-electron chi connectivity index (χ1n) is 11.4. The average Bonchev–Trinajstić information content (AvgIpc) is 3.38. The molecule has 3 aromatic carbocycles. The highest BCUT2D eigenvalue weighted by Crippen LogP contribution is 2.42. The van der Waals surface area contributed by atoms with Crippen LogP contribution < -0.4 is 9.64 Å². The summed E-state index contributed by atoms with van der Waals surface area (Å²) in [6.45, 7) is 5.88. The number of methoxy groups -OCH3 is 1. The molecular weight excluding hydrogens is 522 g/mol. The number of imidazole rings is 1. The number of carbonyl (C=O) groups is 2. The molecule has 0 radical (unpaired) electrons. The molecule has 8 heteroatoms. The number of aliphatic hydroxyl groups is 1. The predicted molar refractivity (Wildman–Crippen MR) is 142 cm³/mol. The number of ether oxygens (including phenoxy) is 1. The summed E-state index contributed by atoms with van der Waals surface area (Å²) in [5.41, 5.74) is 5.50. The molecule has 1 fully saturated rings. The number of carbonyl (C=O) groups excluding carboxylic acids is 2. The Morgan fingerprint density at radius 1 is 1.03 bits per heavy atom. The van der Waals surface area contributed by atoms with E-state index < -0.39 is 17.7 Å². The van der Waals surface area contributed by atoms with E-state index >= 15 is 0 Å². The normalized spacial score (nSPS) is 17.2. The molecule has 1 aliphatic rings. The predicted octanol–water partition coefficient (Wildman–Crippen LogP) is 5.89. The number of aliphatic hydroxyl groups excluding tert-OH is 1. The van der Waals surface area contributed by atoms with Crippen LogP contribution in [0.1, 0.15) is 33.9 Å². The Labute approximate surface area is 216 Å². The number of nitrogens with one attached hydrogen (secondary N) is 1. The maximum absolute atomic E-state index is 13.5. The van der Waals surface area contributed by atoms with Crippen LogP contribution in [0.3, 0.4) is 0 Å². The Balaban J connectivity index is 1.75. The largest absolute Gasteiger partial charge is 0.507 e. The molecule has 1 atom stereocenters. The third-order valence-electron chi connectivity index (χ3n) is 6.60. The van der Waals surface area contributed by atoms with E-state index in [1.165, 1.54) is 4.90 Å². The number of hydrogen-bond acceptors (Lipinski definition) is 5. The van der Waals surface area contributed by atoms with Crippen LogP contribution in [0.5, 0.6) is 5.75 Å². The number of aromatic amines is 1. The van der Waals surface area contributed by atoms with E-state index in [4.69, 9.17) is 4.74 Å². The van der Waals surface area contributed by atoms with Crippen LogP contribution in [0.2, 0.25) is 0 Å². The number of aromatic nitrogens is 2. The van der Waals surface area contributed by atoms with Gasteiger partial charge in [-0.3, -0.25) is 14.5 Å². The quantitative estimate of drug-likeness (QED) is 0.189. The minimum absolute atomic E-state index is 0.0113. The van der Waals surface area contributed by atoms with Crippen LogP contribution in [0.4, 0.5) is 5.95 Å². The number of Topliss-reactive ketones (excluding diaryl/α,β-unsaturated/α-hetero) is 1. The molecule has 2 N–H and O–H groups in total. The Hall–Kier alpha value is -3.91. The number of nitrogens with zero attached hydrogens (tertiary/aromatic N) is 2. The molecule has 36 heavy (non-hydrogen) atoms. The molecule has 1 unspecified atom stereocenters. The average molecular weight is 546 g/mol. The van der Waals surface area contributed by atoms with E-state index in [1.807, 2.05) is 32.9 Å². The molecule has 2 heterocycles. The molecule has 1 saturated heterocycles. The smallest absolute Gasteiger partial charge is 0.302 e. The van der Waals surface area contributed by atoms with Gasteiger partial charge in [-0.25, -0.2) is 4.98 Å². The van der Waals surface area contributed by atoms with Gasteiger partial charge in [0.25, 0.3) is 5.78 Å². The number of H-pyrrole nitrogens is 1. The number of anilines is 1. The van der Waals surface area contributed by atoms with Gasteiger partial charge < -0.3 is 14.8 Å². The second-order valence-electron chi connectivity index (χ2n) is 8.92. The number of rotatable bonds is 4. The van der Waals surface area contributed by atoms with Crippen molar-refractivity contribution in [1.29, 1.82) is 0 Å². The van der Waals surface area contributed by atoms with Gasteiger partial charge in [0.15, 0.2) is 0 Å². The van der Waals surface area contributed by atoms with Crippen LogP contribution in [-0.2, 0) is 9.59 Å². The van der Waals surface area contributed by atoms with Crippen LogP contribution in [0, 0.1) is 20.8 Å². The van der Waals surface area contributed by atoms with Gasteiger partial charge >= 0.3 is 5.91 Å². The zero-order valence-electron chi connectivity index (χ0n) is 20.2. The van der Waals surface area contributed by atoms with Crippen molar-refractivity contribution in [3.05, 3.63) is 92.5 Å². The van der Waals surface area contributed by atoms with Crippen LogP contribution >= 0.6 is 15.9 Å². The number of fused-ring (bicyclic) bond motifs is 1. The van der Waals surface area contributed by atoms with Gasteiger partial charge in [0.2, 0.25) is 5.95 Å². The Morgan fingerprint density at radius 2 is 1.78 bits per heavy atom. The van der Waals surface area contributed by atoms with Gasteiger partial charge in [-0.1, -0.05) is 34.1 Å². The lowest BCUT2D eigenvalue weighted by atomic mass is 9.95. The molecule has 182 valence electrons. The van der Waals surface area contributed by atoms with Gasteiger partial charge in [-0.2, -0.15) is 0 Å². The number of benzene rings is 3. The van der Waals surface area contributed by atoms with E-state index in [0.29, 0.717) is 22.4 Å². The lowest BCUT2D eigenvalue weighted by Crippen LogP contribution is -2.30. The molecule has 1 aromatic heterocycles. The molecule has 5 rings (SSSR count). The summed E-state index contributed by atoms with van der Waals surface area (Å²) in [6.07, 6.45) is 0. The molecular formula is C28H24BrN3O4. The minimum Gasteiger partial charge on any atom is -0.507 e.